The van der Waals surface area contributed by atoms with E-state index in [1.54, 1.807) is 5.57 Å². The van der Waals surface area contributed by atoms with Crippen molar-refractivity contribution >= 4 is 0 Å². The lowest BCUT2D eigenvalue weighted by molar-refractivity contribution is -0.0641. The number of likely N-dealkylation sites (N-methyl/N-ethyl adjacent to an activating group) is 1. The van der Waals surface area contributed by atoms with Crippen molar-refractivity contribution in [3.05, 3.63) is 23.8 Å². The molecule has 0 aromatic carbocycles. The van der Waals surface area contributed by atoms with Crippen LogP contribution in [-0.4, -0.2) is 64.2 Å². The Hall–Kier alpha value is -0.680. The van der Waals surface area contributed by atoms with Gasteiger partial charge in [-0.05, 0) is 131 Å². The van der Waals surface area contributed by atoms with Crippen LogP contribution in [0.15, 0.2) is 23.8 Å². The van der Waals surface area contributed by atoms with Gasteiger partial charge in [0.25, 0.3) is 0 Å². The molecule has 0 aliphatic heterocycles. The summed E-state index contributed by atoms with van der Waals surface area (Å²) >= 11 is 0. The summed E-state index contributed by atoms with van der Waals surface area (Å²) in [6.07, 6.45) is 31.5. The summed E-state index contributed by atoms with van der Waals surface area (Å²) in [5, 5.41) is 0. The highest BCUT2D eigenvalue weighted by molar-refractivity contribution is 5.25. The van der Waals surface area contributed by atoms with E-state index in [0.717, 1.165) is 74.8 Å². The number of hydrogen-bond donors (Lipinski definition) is 0. The Balaban J connectivity index is 1.08. The van der Waals surface area contributed by atoms with Gasteiger partial charge in [0.15, 0.2) is 0 Å². The van der Waals surface area contributed by atoms with E-state index in [2.05, 4.69) is 78.8 Å². The Morgan fingerprint density at radius 2 is 1.55 bits per heavy atom. The topological polar surface area (TPSA) is 30.9 Å². The van der Waals surface area contributed by atoms with Crippen LogP contribution in [0.5, 0.6) is 0 Å². The maximum atomic E-state index is 6.56. The van der Waals surface area contributed by atoms with Gasteiger partial charge in [0.2, 0.25) is 0 Å². The number of fused-ring (bicyclic) bond motifs is 5. The normalized spacial score (nSPS) is 32.7. The first kappa shape index (κ1) is 41.1. The van der Waals surface area contributed by atoms with Gasteiger partial charge in [-0.25, -0.2) is 0 Å². The number of allylic oxidation sites excluding steroid dienone is 2. The van der Waals surface area contributed by atoms with Gasteiger partial charge in [-0.1, -0.05) is 110 Å². The van der Waals surface area contributed by atoms with Gasteiger partial charge in [0.1, 0.15) is 0 Å². The molecule has 0 heterocycles. The van der Waals surface area contributed by atoms with Crippen LogP contribution in [0.2, 0.25) is 0 Å². The van der Waals surface area contributed by atoms with Crippen LogP contribution in [0.4, 0.5) is 0 Å². The molecule has 0 bridgehead atoms. The fourth-order valence-corrected chi connectivity index (χ4v) is 11.1. The zero-order valence-electron chi connectivity index (χ0n) is 33.8. The molecule has 0 aromatic heterocycles. The number of hydrogen-bond acceptors (Lipinski definition) is 4. The van der Waals surface area contributed by atoms with Gasteiger partial charge < -0.3 is 19.1 Å². The third-order valence-electron chi connectivity index (χ3n) is 14.3. The van der Waals surface area contributed by atoms with E-state index in [0.29, 0.717) is 29.6 Å². The zero-order chi connectivity index (χ0) is 35.3. The molecule has 0 aromatic rings. The van der Waals surface area contributed by atoms with Crippen molar-refractivity contribution in [2.24, 2.45) is 46.3 Å². The van der Waals surface area contributed by atoms with Gasteiger partial charge in [-0.3, -0.25) is 0 Å². The molecule has 4 nitrogen and oxygen atoms in total. The fourth-order valence-electron chi connectivity index (χ4n) is 11.1. The lowest BCUT2D eigenvalue weighted by Crippen LogP contribution is -2.51. The van der Waals surface area contributed by atoms with E-state index < -0.39 is 0 Å². The highest BCUT2D eigenvalue weighted by Crippen LogP contribution is 2.67. The molecular weight excluding hydrogens is 602 g/mol. The highest BCUT2D eigenvalue weighted by Gasteiger charge is 2.59. The summed E-state index contributed by atoms with van der Waals surface area (Å²) in [4.78, 5) is 2.21. The fraction of sp³-hybridized carbons (Fsp3) is 0.911. The molecule has 4 aliphatic carbocycles. The van der Waals surface area contributed by atoms with Crippen molar-refractivity contribution in [2.45, 2.75) is 169 Å². The summed E-state index contributed by atoms with van der Waals surface area (Å²) in [6.45, 7) is 18.9. The molecule has 0 saturated heterocycles. The molecule has 4 aliphatic rings. The van der Waals surface area contributed by atoms with Crippen molar-refractivity contribution in [1.82, 2.24) is 4.90 Å². The minimum Gasteiger partial charge on any atom is -0.380 e. The molecule has 0 N–H and O–H groups in total. The molecule has 0 radical (unpaired) electrons. The van der Waals surface area contributed by atoms with Crippen molar-refractivity contribution in [1.29, 1.82) is 0 Å². The molecule has 4 rings (SSSR count). The lowest BCUT2D eigenvalue weighted by atomic mass is 9.47. The molecular formula is C45H81NO3. The molecule has 49 heavy (non-hydrogen) atoms. The monoisotopic (exact) mass is 684 g/mol. The summed E-state index contributed by atoms with van der Waals surface area (Å²) < 4.78 is 18.4. The molecule has 0 spiro atoms. The maximum absolute atomic E-state index is 6.56. The first-order valence-electron chi connectivity index (χ1n) is 21.4. The molecule has 3 saturated carbocycles. The standard InChI is InChI=1S/C45H81NO3/c1-9-10-15-29-47-33-38(46(7)8)34-48-30-16-13-11-12-14-17-31-49-39-25-27-44(5)37(32-39)21-22-40-42-24-23-41(36(4)20-18-19-35(2)3)45(42,6)28-26-43(40)44/h10,15,21,35-36,38-43H,9,11-14,16-20,22-34H2,1-8H3/b15-10-/t36-,38-,39+,40+,41-,42+,43+,44+,45-/m1/s1. The minimum atomic E-state index is 0.320. The SMILES string of the molecule is CC/C=C\COC[C@H](COCCCCCCCCO[C@H]1CC[C@@]2(C)C(=CC[C@H]3[C@@H]4CC[C@H]([C@H](C)CCCC(C)C)[C@@]4(C)CC[C@@H]32)C1)N(C)C. The first-order chi connectivity index (χ1) is 23.6. The summed E-state index contributed by atoms with van der Waals surface area (Å²) in [6, 6.07) is 0.320. The van der Waals surface area contributed by atoms with Crippen molar-refractivity contribution in [2.75, 3.05) is 47.1 Å². The van der Waals surface area contributed by atoms with Crippen LogP contribution in [0.25, 0.3) is 0 Å². The van der Waals surface area contributed by atoms with Gasteiger partial charge >= 0.3 is 0 Å². The molecule has 284 valence electrons. The highest BCUT2D eigenvalue weighted by atomic mass is 16.5. The average molecular weight is 684 g/mol. The third kappa shape index (κ3) is 11.4. The van der Waals surface area contributed by atoms with E-state index in [1.165, 1.54) is 103 Å². The smallest absolute Gasteiger partial charge is 0.0648 e. The summed E-state index contributed by atoms with van der Waals surface area (Å²) in [7, 11) is 4.23. The van der Waals surface area contributed by atoms with Crippen LogP contribution in [-0.2, 0) is 14.2 Å². The molecule has 3 fully saturated rings. The predicted molar refractivity (Wildman–Crippen MR) is 209 cm³/mol. The molecule has 0 amide bonds. The van der Waals surface area contributed by atoms with Crippen molar-refractivity contribution in [3.63, 3.8) is 0 Å². The predicted octanol–water partition coefficient (Wildman–Crippen LogP) is 11.7. The first-order valence-corrected chi connectivity index (χ1v) is 21.4. The molecule has 0 unspecified atom stereocenters. The second-order valence-corrected chi connectivity index (χ2v) is 18.3. The summed E-state index contributed by atoms with van der Waals surface area (Å²) in [5.74, 6) is 5.50. The Kier molecular flexibility index (Phi) is 17.2. The van der Waals surface area contributed by atoms with Crippen LogP contribution in [0, 0.1) is 46.3 Å². The Bertz CT molecular complexity index is 990. The minimum absolute atomic E-state index is 0.320. The van der Waals surface area contributed by atoms with E-state index in [1.807, 2.05) is 0 Å². The number of nitrogens with zero attached hydrogens (tertiary/aromatic N) is 1. The Labute approximate surface area is 304 Å². The molecule has 4 heteroatoms. The Morgan fingerprint density at radius 1 is 0.816 bits per heavy atom. The number of unbranched alkanes of at least 4 members (excludes halogenated alkanes) is 5. The second kappa shape index (κ2) is 20.5. The largest absolute Gasteiger partial charge is 0.380 e. The van der Waals surface area contributed by atoms with Crippen LogP contribution < -0.4 is 0 Å². The quantitative estimate of drug-likeness (QED) is 0.0792. The van der Waals surface area contributed by atoms with E-state index in [-0.39, 0.29) is 0 Å². The van der Waals surface area contributed by atoms with E-state index in [4.69, 9.17) is 14.2 Å². The third-order valence-corrected chi connectivity index (χ3v) is 14.3. The number of ether oxygens (including phenoxy) is 3. The van der Waals surface area contributed by atoms with Gasteiger partial charge in [-0.2, -0.15) is 0 Å². The zero-order valence-corrected chi connectivity index (χ0v) is 33.8. The molecule has 9 atom stereocenters. The van der Waals surface area contributed by atoms with E-state index >= 15 is 0 Å². The van der Waals surface area contributed by atoms with Crippen molar-refractivity contribution in [3.8, 4) is 0 Å². The summed E-state index contributed by atoms with van der Waals surface area (Å²) in [5.41, 5.74) is 2.80. The Morgan fingerprint density at radius 3 is 2.29 bits per heavy atom. The van der Waals surface area contributed by atoms with Gasteiger partial charge in [-0.15, -0.1) is 0 Å². The van der Waals surface area contributed by atoms with Crippen molar-refractivity contribution < 1.29 is 14.2 Å². The average Bonchev–Trinajstić information content (AvgIpc) is 3.43. The maximum Gasteiger partial charge on any atom is 0.0648 e. The van der Waals surface area contributed by atoms with Crippen LogP contribution in [0.1, 0.15) is 157 Å². The van der Waals surface area contributed by atoms with E-state index in [9.17, 15) is 0 Å². The van der Waals surface area contributed by atoms with Crippen LogP contribution >= 0.6 is 0 Å². The van der Waals surface area contributed by atoms with Gasteiger partial charge in [0.05, 0.1) is 32.0 Å². The lowest BCUT2D eigenvalue weighted by Gasteiger charge is -2.58. The second-order valence-electron chi connectivity index (χ2n) is 18.3. The number of rotatable bonds is 23. The van der Waals surface area contributed by atoms with Crippen LogP contribution in [0.3, 0.4) is 0 Å². The van der Waals surface area contributed by atoms with Gasteiger partial charge in [0, 0.05) is 13.2 Å².